The van der Waals surface area contributed by atoms with Gasteiger partial charge in [-0.05, 0) is 56.2 Å². The average molecular weight is 420 g/mol. The number of fused-ring (bicyclic) bond motifs is 1. The summed E-state index contributed by atoms with van der Waals surface area (Å²) in [6.07, 6.45) is -3.36. The zero-order chi connectivity index (χ0) is 22.1. The van der Waals surface area contributed by atoms with Crippen molar-refractivity contribution in [2.75, 3.05) is 5.73 Å². The van der Waals surface area contributed by atoms with Gasteiger partial charge in [-0.3, -0.25) is 4.57 Å². The molecule has 5 nitrogen and oxygen atoms in total. The number of benzene rings is 2. The molecule has 0 amide bonds. The smallest absolute Gasteiger partial charge is 0.419 e. The first-order chi connectivity index (χ1) is 13.9. The van der Waals surface area contributed by atoms with Crippen LogP contribution < -0.4 is 5.73 Å². The number of alkyl halides is 3. The van der Waals surface area contributed by atoms with Crippen LogP contribution in [0.15, 0.2) is 48.7 Å². The van der Waals surface area contributed by atoms with E-state index >= 15 is 0 Å². The van der Waals surface area contributed by atoms with Gasteiger partial charge in [-0.25, -0.2) is 4.79 Å². The maximum absolute atomic E-state index is 12.6. The Bertz CT molecular complexity index is 1050. The number of hydrogen-bond donors (Lipinski definition) is 1. The second-order valence-electron chi connectivity index (χ2n) is 7.97. The highest BCUT2D eigenvalue weighted by Gasteiger charge is 2.29. The van der Waals surface area contributed by atoms with Crippen LogP contribution in [-0.2, 0) is 28.9 Å². The zero-order valence-corrected chi connectivity index (χ0v) is 16.9. The monoisotopic (exact) mass is 420 g/mol. The molecular weight excluding hydrogens is 397 g/mol. The Labute approximate surface area is 172 Å². The van der Waals surface area contributed by atoms with E-state index in [1.807, 2.05) is 6.07 Å². The normalized spacial score (nSPS) is 12.3. The summed E-state index contributed by atoms with van der Waals surface area (Å²) in [7, 11) is 0. The quantitative estimate of drug-likeness (QED) is 0.584. The molecule has 2 N–H and O–H groups in total. The Morgan fingerprint density at radius 3 is 2.20 bits per heavy atom. The third-order valence-corrected chi connectivity index (χ3v) is 4.31. The molecule has 0 unspecified atom stereocenters. The van der Waals surface area contributed by atoms with Gasteiger partial charge in [-0.15, -0.1) is 0 Å². The Balaban J connectivity index is 1.68. The standard InChI is InChI=1S/C22H23F3N2O3/c1-21(2,3)30-20(28)27-11-18(26)17-10-15(6-9-19(17)27)13-29-12-14-4-7-16(8-5-14)22(23,24)25/h4-11H,12-13,26H2,1-3H3. The van der Waals surface area contributed by atoms with Gasteiger partial charge in [0.2, 0.25) is 0 Å². The lowest BCUT2D eigenvalue weighted by Gasteiger charge is -2.19. The van der Waals surface area contributed by atoms with Crippen LogP contribution in [0.3, 0.4) is 0 Å². The summed E-state index contributed by atoms with van der Waals surface area (Å²) in [5, 5.41) is 0.691. The van der Waals surface area contributed by atoms with E-state index in [9.17, 15) is 18.0 Å². The van der Waals surface area contributed by atoms with Gasteiger partial charge >= 0.3 is 12.3 Å². The number of nitrogen functional groups attached to an aromatic ring is 1. The average Bonchev–Trinajstić information content (AvgIpc) is 2.97. The number of halogens is 3. The first kappa shape index (κ1) is 21.7. The van der Waals surface area contributed by atoms with Crippen molar-refractivity contribution in [3.63, 3.8) is 0 Å². The molecule has 160 valence electrons. The van der Waals surface area contributed by atoms with Gasteiger partial charge in [0.1, 0.15) is 5.60 Å². The second kappa shape index (κ2) is 8.02. The van der Waals surface area contributed by atoms with Crippen LogP contribution in [0.2, 0.25) is 0 Å². The molecule has 0 aliphatic carbocycles. The summed E-state index contributed by atoms with van der Waals surface area (Å²) >= 11 is 0. The topological polar surface area (TPSA) is 66.5 Å². The Kier molecular flexibility index (Phi) is 5.81. The van der Waals surface area contributed by atoms with Crippen LogP contribution in [0.25, 0.3) is 10.9 Å². The van der Waals surface area contributed by atoms with Crippen molar-refractivity contribution in [1.29, 1.82) is 0 Å². The van der Waals surface area contributed by atoms with Gasteiger partial charge in [0, 0.05) is 11.6 Å². The number of nitrogens with two attached hydrogens (primary N) is 1. The minimum atomic E-state index is -4.36. The molecule has 0 saturated carbocycles. The number of nitrogens with zero attached hydrogens (tertiary/aromatic N) is 1. The van der Waals surface area contributed by atoms with E-state index in [0.29, 0.717) is 22.2 Å². The van der Waals surface area contributed by atoms with Gasteiger partial charge in [-0.1, -0.05) is 18.2 Å². The highest BCUT2D eigenvalue weighted by molar-refractivity contribution is 5.98. The number of carbonyl (C=O) groups excluding carboxylic acids is 1. The van der Waals surface area contributed by atoms with E-state index in [4.69, 9.17) is 15.2 Å². The minimum absolute atomic E-state index is 0.171. The SMILES string of the molecule is CC(C)(C)OC(=O)n1cc(N)c2cc(COCc3ccc(C(F)(F)F)cc3)ccc21. The van der Waals surface area contributed by atoms with Gasteiger partial charge in [-0.2, -0.15) is 13.2 Å². The summed E-state index contributed by atoms with van der Waals surface area (Å²) in [5.74, 6) is 0. The molecule has 0 fully saturated rings. The molecule has 0 aliphatic heterocycles. The lowest BCUT2D eigenvalue weighted by molar-refractivity contribution is -0.137. The lowest BCUT2D eigenvalue weighted by Crippen LogP contribution is -2.26. The Morgan fingerprint density at radius 1 is 1.00 bits per heavy atom. The summed E-state index contributed by atoms with van der Waals surface area (Å²) in [4.78, 5) is 12.4. The van der Waals surface area contributed by atoms with Gasteiger partial charge in [0.15, 0.2) is 0 Å². The van der Waals surface area contributed by atoms with E-state index < -0.39 is 23.4 Å². The Morgan fingerprint density at radius 2 is 1.60 bits per heavy atom. The van der Waals surface area contributed by atoms with Crippen LogP contribution >= 0.6 is 0 Å². The van der Waals surface area contributed by atoms with Crippen LogP contribution in [0.1, 0.15) is 37.5 Å². The summed E-state index contributed by atoms with van der Waals surface area (Å²) < 4.78 is 50.2. The van der Waals surface area contributed by atoms with Crippen LogP contribution in [0.4, 0.5) is 23.7 Å². The molecule has 3 aromatic rings. The number of rotatable bonds is 4. The minimum Gasteiger partial charge on any atom is -0.443 e. The highest BCUT2D eigenvalue weighted by Crippen LogP contribution is 2.29. The van der Waals surface area contributed by atoms with Crippen molar-refractivity contribution in [2.45, 2.75) is 45.8 Å². The first-order valence-electron chi connectivity index (χ1n) is 9.31. The zero-order valence-electron chi connectivity index (χ0n) is 16.9. The van der Waals surface area contributed by atoms with Crippen LogP contribution in [0.5, 0.6) is 0 Å². The predicted octanol–water partition coefficient (Wildman–Crippen LogP) is 5.74. The van der Waals surface area contributed by atoms with E-state index in [1.54, 1.807) is 32.9 Å². The van der Waals surface area contributed by atoms with E-state index in [-0.39, 0.29) is 13.2 Å². The van der Waals surface area contributed by atoms with E-state index in [1.165, 1.54) is 22.9 Å². The van der Waals surface area contributed by atoms with E-state index in [2.05, 4.69) is 0 Å². The first-order valence-corrected chi connectivity index (χ1v) is 9.31. The number of aromatic nitrogens is 1. The largest absolute Gasteiger partial charge is 0.443 e. The lowest BCUT2D eigenvalue weighted by atomic mass is 10.1. The van der Waals surface area contributed by atoms with Crippen molar-refractivity contribution in [1.82, 2.24) is 4.57 Å². The number of ether oxygens (including phenoxy) is 2. The molecule has 1 aromatic heterocycles. The molecule has 0 atom stereocenters. The third kappa shape index (κ3) is 5.13. The summed E-state index contributed by atoms with van der Waals surface area (Å²) in [6.45, 7) is 5.77. The molecule has 2 aromatic carbocycles. The molecule has 1 heterocycles. The molecule has 8 heteroatoms. The fourth-order valence-corrected chi connectivity index (χ4v) is 2.93. The van der Waals surface area contributed by atoms with Crippen molar-refractivity contribution in [3.05, 3.63) is 65.4 Å². The molecule has 0 saturated heterocycles. The van der Waals surface area contributed by atoms with Crippen molar-refractivity contribution < 1.29 is 27.4 Å². The molecule has 0 spiro atoms. The van der Waals surface area contributed by atoms with Gasteiger partial charge in [0.05, 0.1) is 30.0 Å². The van der Waals surface area contributed by atoms with Crippen LogP contribution in [-0.4, -0.2) is 16.3 Å². The molecule has 0 radical (unpaired) electrons. The van der Waals surface area contributed by atoms with E-state index in [0.717, 1.165) is 17.7 Å². The second-order valence-corrected chi connectivity index (χ2v) is 7.97. The van der Waals surface area contributed by atoms with Gasteiger partial charge in [0.25, 0.3) is 0 Å². The number of carbonyl (C=O) groups is 1. The summed E-state index contributed by atoms with van der Waals surface area (Å²) in [5.41, 5.74) is 7.24. The van der Waals surface area contributed by atoms with Crippen molar-refractivity contribution in [3.8, 4) is 0 Å². The maximum Gasteiger partial charge on any atom is 0.419 e. The molecule has 30 heavy (non-hydrogen) atoms. The fraction of sp³-hybridized carbons (Fsp3) is 0.318. The number of hydrogen-bond acceptors (Lipinski definition) is 4. The summed E-state index contributed by atoms with van der Waals surface area (Å²) in [6, 6.07) is 10.2. The van der Waals surface area contributed by atoms with Crippen molar-refractivity contribution >= 4 is 22.7 Å². The van der Waals surface area contributed by atoms with Crippen molar-refractivity contribution in [2.24, 2.45) is 0 Å². The van der Waals surface area contributed by atoms with Crippen LogP contribution in [0, 0.1) is 0 Å². The fourth-order valence-electron chi connectivity index (χ4n) is 2.93. The number of anilines is 1. The predicted molar refractivity (Wildman–Crippen MR) is 108 cm³/mol. The molecule has 3 rings (SSSR count). The molecule has 0 bridgehead atoms. The van der Waals surface area contributed by atoms with Gasteiger partial charge < -0.3 is 15.2 Å². The molecular formula is C22H23F3N2O3. The Hall–Kier alpha value is -3.00. The highest BCUT2D eigenvalue weighted by atomic mass is 19.4. The molecule has 0 aliphatic rings. The maximum atomic E-state index is 12.6. The third-order valence-electron chi connectivity index (χ3n) is 4.31.